The average molecular weight is 851 g/mol. The lowest BCUT2D eigenvalue weighted by atomic mass is 9.77. The largest absolute Gasteiger partial charge is 0.454 e. The second-order valence-electron chi connectivity index (χ2n) is 19.3. The van der Waals surface area contributed by atoms with Crippen molar-refractivity contribution >= 4 is 17.5 Å². The molecule has 11 atom stereocenters. The number of carbonyl (C=O) groups excluding carboxylic acids is 3. The van der Waals surface area contributed by atoms with Gasteiger partial charge in [0.25, 0.3) is 5.91 Å². The lowest BCUT2D eigenvalue weighted by molar-refractivity contribution is -0.336. The van der Waals surface area contributed by atoms with Crippen LogP contribution in [0.2, 0.25) is 0 Å². The van der Waals surface area contributed by atoms with E-state index >= 15 is 0 Å². The molecule has 0 saturated carbocycles. The summed E-state index contributed by atoms with van der Waals surface area (Å²) in [5, 5.41) is 31.4. The monoisotopic (exact) mass is 851 g/mol. The molecule has 0 aliphatic carbocycles. The topological polar surface area (TPSA) is 168 Å². The van der Waals surface area contributed by atoms with Crippen molar-refractivity contribution in [2.45, 2.75) is 143 Å². The normalized spacial score (nSPS) is 40.6. The first-order valence-electron chi connectivity index (χ1n) is 22.0. The highest BCUT2D eigenvalue weighted by Crippen LogP contribution is 2.48. The molecule has 2 unspecified atom stereocenters. The Hall–Kier alpha value is -3.63. The van der Waals surface area contributed by atoms with Gasteiger partial charge in [0.1, 0.15) is 11.5 Å². The van der Waals surface area contributed by atoms with E-state index in [0.29, 0.717) is 30.0 Å². The van der Waals surface area contributed by atoms with Crippen LogP contribution in [0, 0.1) is 29.6 Å². The molecule has 6 rings (SSSR count). The lowest BCUT2D eigenvalue weighted by Crippen LogP contribution is -2.66. The summed E-state index contributed by atoms with van der Waals surface area (Å²) in [6.45, 7) is 27.5. The first kappa shape index (κ1) is 46.9. The van der Waals surface area contributed by atoms with Crippen molar-refractivity contribution in [3.8, 4) is 0 Å². The van der Waals surface area contributed by atoms with Gasteiger partial charge in [-0.15, -0.1) is 0 Å². The van der Waals surface area contributed by atoms with E-state index in [0.717, 1.165) is 19.6 Å². The SMILES string of the molecule is C=C1C(=O)[C@@]2(C)O/C=C/[C@H](OC)[C@@H](C)[C@@H](O)[C@H](C)[C@@H]3OC(C)(C)O[C@H]([C@H]3C)[C@@H](C)/C=C/C=C(/C)C(=O)NC3=C4CN(C5(CCN(CC(C)C)CC5)N4)C(O)(CC3=O)C(C)=C1O2. The molecule has 1 spiro atoms. The Kier molecular flexibility index (Phi) is 13.4. The molecule has 61 heavy (non-hydrogen) atoms. The number of hydrogen-bond donors (Lipinski definition) is 4. The minimum Gasteiger partial charge on any atom is -0.454 e. The molecule has 1 amide bonds. The summed E-state index contributed by atoms with van der Waals surface area (Å²) in [7, 11) is 1.54. The van der Waals surface area contributed by atoms with E-state index in [-0.39, 0.29) is 59.1 Å². The maximum Gasteiger partial charge on any atom is 0.312 e. The molecule has 8 bridgehead atoms. The minimum atomic E-state index is -1.95. The van der Waals surface area contributed by atoms with Crippen LogP contribution in [0.5, 0.6) is 0 Å². The van der Waals surface area contributed by atoms with E-state index in [1.165, 1.54) is 13.2 Å². The van der Waals surface area contributed by atoms with Gasteiger partial charge in [0.2, 0.25) is 5.78 Å². The zero-order valence-corrected chi connectivity index (χ0v) is 38.3. The molecule has 14 heteroatoms. The summed E-state index contributed by atoms with van der Waals surface area (Å²) in [4.78, 5) is 46.5. The number of piperidine rings is 1. The molecule has 4 N–H and O–H groups in total. The molecule has 6 heterocycles. The van der Waals surface area contributed by atoms with Crippen LogP contribution in [0.25, 0.3) is 0 Å². The number of aliphatic hydroxyl groups is 2. The van der Waals surface area contributed by atoms with Crippen molar-refractivity contribution in [1.82, 2.24) is 20.4 Å². The van der Waals surface area contributed by atoms with E-state index in [1.54, 1.807) is 33.1 Å². The standard InChI is InChI=1S/C47H70N4O10/c1-26(2)24-50-20-18-46(19-21-50)49-34-25-51(46)47(56)23-35(52)37(34)48-43(55)28(4)16-14-15-27(3)39-31(7)40(60-44(10,11)59-39)30(6)38(53)29(5)36(57-13)17-22-58-45(12)42(54)32(8)41(61-45)33(47)9/h14-17,22,26-27,29-31,36,38-40,49,53,56H,8,18-21,23-25H2,1-7,9-13H3,(H,48,55)/b15-14+,22-17+,28-16-,41-33?/t27-,29+,30-,31+,36-,38+,39-,40-,45-,47?/m0/s1. The van der Waals surface area contributed by atoms with Crippen molar-refractivity contribution in [2.24, 2.45) is 29.6 Å². The third-order valence-electron chi connectivity index (χ3n) is 13.9. The van der Waals surface area contributed by atoms with E-state index in [2.05, 4.69) is 42.9 Å². The maximum absolute atomic E-state index is 14.4. The Labute approximate surface area is 362 Å². The number of nitrogens with zero attached hydrogens (tertiary/aromatic N) is 2. The fourth-order valence-electron chi connectivity index (χ4n) is 10.3. The molecule has 4 saturated heterocycles. The highest BCUT2D eigenvalue weighted by atomic mass is 16.7. The summed E-state index contributed by atoms with van der Waals surface area (Å²) < 4.78 is 31.2. The van der Waals surface area contributed by atoms with Gasteiger partial charge in [-0.25, -0.2) is 4.90 Å². The molecule has 0 aromatic carbocycles. The molecule has 14 nitrogen and oxygen atoms in total. The number of aliphatic hydroxyl groups excluding tert-OH is 1. The van der Waals surface area contributed by atoms with E-state index < -0.39 is 65.0 Å². The summed E-state index contributed by atoms with van der Waals surface area (Å²) >= 11 is 0. The van der Waals surface area contributed by atoms with Gasteiger partial charge >= 0.3 is 5.79 Å². The molecule has 4 fully saturated rings. The average Bonchev–Trinajstić information content (AvgIpc) is 3.64. The third kappa shape index (κ3) is 8.96. The lowest BCUT2D eigenvalue weighted by Gasteiger charge is -2.51. The van der Waals surface area contributed by atoms with Gasteiger partial charge in [0.05, 0.1) is 54.0 Å². The zero-order chi connectivity index (χ0) is 45.0. The number of methoxy groups -OCH3 is 1. The smallest absolute Gasteiger partial charge is 0.312 e. The molecule has 338 valence electrons. The number of Topliss-reactive ketones (excluding diaryl/α,β-unsaturated/α-hetero) is 2. The number of amides is 1. The van der Waals surface area contributed by atoms with Crippen LogP contribution in [-0.2, 0) is 38.1 Å². The first-order chi connectivity index (χ1) is 28.5. The molecule has 6 aliphatic rings. The van der Waals surface area contributed by atoms with Gasteiger partial charge in [-0.1, -0.05) is 66.3 Å². The van der Waals surface area contributed by atoms with E-state index in [9.17, 15) is 24.6 Å². The fraction of sp³-hybridized carbons (Fsp3) is 0.681. The predicted octanol–water partition coefficient (Wildman–Crippen LogP) is 4.96. The van der Waals surface area contributed by atoms with Gasteiger partial charge in [-0.05, 0) is 52.5 Å². The molecule has 6 aliphatic heterocycles. The summed E-state index contributed by atoms with van der Waals surface area (Å²) in [5.74, 6) is -4.79. The number of ether oxygens (including phenoxy) is 5. The highest BCUT2D eigenvalue weighted by Gasteiger charge is 2.60. The molecule has 0 aromatic rings. The first-order valence-corrected chi connectivity index (χ1v) is 22.0. The van der Waals surface area contributed by atoms with Gasteiger partial charge < -0.3 is 49.4 Å². The van der Waals surface area contributed by atoms with Crippen molar-refractivity contribution in [1.29, 1.82) is 0 Å². The number of ketones is 2. The summed E-state index contributed by atoms with van der Waals surface area (Å²) in [6, 6.07) is 0. The van der Waals surface area contributed by atoms with E-state index in [4.69, 9.17) is 23.7 Å². The Morgan fingerprint density at radius 3 is 2.28 bits per heavy atom. The van der Waals surface area contributed by atoms with Crippen LogP contribution >= 0.6 is 0 Å². The highest BCUT2D eigenvalue weighted by molar-refractivity contribution is 6.07. The van der Waals surface area contributed by atoms with Crippen LogP contribution in [0.3, 0.4) is 0 Å². The number of hydrogen-bond acceptors (Lipinski definition) is 13. The molecule has 0 radical (unpaired) electrons. The zero-order valence-electron chi connectivity index (χ0n) is 38.3. The van der Waals surface area contributed by atoms with E-state index in [1.807, 2.05) is 51.7 Å². The number of likely N-dealkylation sites (tertiary alicyclic amines) is 1. The van der Waals surface area contributed by atoms with Crippen molar-refractivity contribution in [3.05, 3.63) is 71.0 Å². The van der Waals surface area contributed by atoms with Crippen LogP contribution in [0.15, 0.2) is 71.0 Å². The molecular weight excluding hydrogens is 781 g/mol. The van der Waals surface area contributed by atoms with Gasteiger partial charge in [-0.3, -0.25) is 14.4 Å². The Morgan fingerprint density at radius 2 is 1.64 bits per heavy atom. The minimum absolute atomic E-state index is 0.00881. The second-order valence-corrected chi connectivity index (χ2v) is 19.3. The van der Waals surface area contributed by atoms with Crippen LogP contribution in [0.1, 0.15) is 95.4 Å². The molecule has 0 aromatic heterocycles. The third-order valence-corrected chi connectivity index (χ3v) is 13.9. The molecular formula is C47H70N4O10. The van der Waals surface area contributed by atoms with Crippen molar-refractivity contribution < 1.29 is 48.3 Å². The summed E-state index contributed by atoms with van der Waals surface area (Å²) in [6.07, 6.45) is 7.16. The van der Waals surface area contributed by atoms with Gasteiger partial charge in [0.15, 0.2) is 17.3 Å². The Bertz CT molecular complexity index is 1910. The maximum atomic E-state index is 14.4. The summed E-state index contributed by atoms with van der Waals surface area (Å²) in [5.41, 5.74) is -1.52. The Morgan fingerprint density at radius 1 is 0.984 bits per heavy atom. The van der Waals surface area contributed by atoms with Gasteiger partial charge in [-0.2, -0.15) is 0 Å². The number of fused-ring (bicyclic) bond motifs is 11. The predicted molar refractivity (Wildman–Crippen MR) is 230 cm³/mol. The number of carbonyl (C=O) groups is 3. The van der Waals surface area contributed by atoms with Crippen molar-refractivity contribution in [3.63, 3.8) is 0 Å². The fourth-order valence-corrected chi connectivity index (χ4v) is 10.3. The number of nitrogens with one attached hydrogen (secondary N) is 2. The van der Waals surface area contributed by atoms with Crippen molar-refractivity contribution in [2.75, 3.05) is 33.3 Å². The van der Waals surface area contributed by atoms with Crippen LogP contribution in [-0.4, -0.2) is 118 Å². The van der Waals surface area contributed by atoms with Crippen LogP contribution < -0.4 is 10.6 Å². The van der Waals surface area contributed by atoms with Gasteiger partial charge in [0, 0.05) is 75.0 Å². The Balaban J connectivity index is 1.43. The second kappa shape index (κ2) is 17.5. The number of rotatable bonds is 3. The van der Waals surface area contributed by atoms with Crippen LogP contribution in [0.4, 0.5) is 0 Å². The quantitative estimate of drug-likeness (QED) is 0.282. The number of allylic oxidation sites excluding steroid dienone is 4.